The van der Waals surface area contributed by atoms with Crippen molar-refractivity contribution in [3.8, 4) is 11.5 Å². The van der Waals surface area contributed by atoms with Gasteiger partial charge >= 0.3 is 0 Å². The van der Waals surface area contributed by atoms with Crippen molar-refractivity contribution in [3.63, 3.8) is 0 Å². The molecule has 92 valence electrons. The molecule has 0 aliphatic carbocycles. The monoisotopic (exact) mass is 233 g/mol. The lowest BCUT2D eigenvalue weighted by atomic mass is 10.0. The molecule has 2 N–H and O–H groups in total. The van der Waals surface area contributed by atoms with Gasteiger partial charge in [-0.2, -0.15) is 0 Å². The maximum absolute atomic E-state index is 5.74. The molecule has 3 nitrogen and oxygen atoms in total. The molecule has 17 heavy (non-hydrogen) atoms. The molecule has 3 heteroatoms. The first-order chi connectivity index (χ1) is 8.20. The van der Waals surface area contributed by atoms with Gasteiger partial charge in [0.15, 0.2) is 11.5 Å². The molecule has 0 bridgehead atoms. The van der Waals surface area contributed by atoms with Crippen molar-refractivity contribution in [1.29, 1.82) is 0 Å². The molecule has 0 saturated carbocycles. The van der Waals surface area contributed by atoms with Crippen LogP contribution in [-0.4, -0.2) is 19.8 Å². The third kappa shape index (κ3) is 2.80. The predicted octanol–water partition coefficient (Wildman–Crippen LogP) is 2.46. The van der Waals surface area contributed by atoms with Crippen LogP contribution in [0.15, 0.2) is 23.8 Å². The van der Waals surface area contributed by atoms with Crippen molar-refractivity contribution in [3.05, 3.63) is 29.3 Å². The van der Waals surface area contributed by atoms with E-state index in [1.54, 1.807) is 0 Å². The number of hydrogen-bond donors (Lipinski definition) is 1. The van der Waals surface area contributed by atoms with E-state index >= 15 is 0 Å². The highest BCUT2D eigenvalue weighted by Crippen LogP contribution is 2.31. The summed E-state index contributed by atoms with van der Waals surface area (Å²) in [6, 6.07) is 5.99. The van der Waals surface area contributed by atoms with Crippen molar-refractivity contribution < 1.29 is 9.47 Å². The SMILES string of the molecule is CC(C)C(=Cc1ccc2c(c1)OCCO2)CN. The fourth-order valence-electron chi connectivity index (χ4n) is 1.83. The van der Waals surface area contributed by atoms with Crippen LogP contribution in [-0.2, 0) is 0 Å². The maximum Gasteiger partial charge on any atom is 0.161 e. The van der Waals surface area contributed by atoms with Gasteiger partial charge in [0, 0.05) is 6.54 Å². The second-order valence-electron chi connectivity index (χ2n) is 4.48. The number of benzene rings is 1. The molecular formula is C14H19NO2. The average molecular weight is 233 g/mol. The molecule has 0 radical (unpaired) electrons. The molecule has 0 saturated heterocycles. The molecule has 1 aliphatic rings. The molecule has 0 amide bonds. The summed E-state index contributed by atoms with van der Waals surface area (Å²) in [6.45, 7) is 6.13. The number of nitrogens with two attached hydrogens (primary N) is 1. The fraction of sp³-hybridized carbons (Fsp3) is 0.429. The number of rotatable bonds is 3. The summed E-state index contributed by atoms with van der Waals surface area (Å²) in [5.74, 6) is 2.12. The maximum atomic E-state index is 5.74. The standard InChI is InChI=1S/C14H19NO2/c1-10(2)12(9-15)7-11-3-4-13-14(8-11)17-6-5-16-13/h3-4,7-8,10H,5-6,9,15H2,1-2H3. The van der Waals surface area contributed by atoms with Gasteiger partial charge < -0.3 is 15.2 Å². The summed E-state index contributed by atoms with van der Waals surface area (Å²) in [6.07, 6.45) is 2.13. The highest BCUT2D eigenvalue weighted by atomic mass is 16.6. The van der Waals surface area contributed by atoms with Crippen molar-refractivity contribution >= 4 is 6.08 Å². The Balaban J connectivity index is 2.27. The lowest BCUT2D eigenvalue weighted by Crippen LogP contribution is -2.15. The average Bonchev–Trinajstić information content (AvgIpc) is 2.35. The third-order valence-electron chi connectivity index (χ3n) is 2.90. The van der Waals surface area contributed by atoms with Gasteiger partial charge in [0.05, 0.1) is 0 Å². The summed E-state index contributed by atoms with van der Waals surface area (Å²) in [5.41, 5.74) is 8.09. The van der Waals surface area contributed by atoms with Crippen LogP contribution in [0.25, 0.3) is 6.08 Å². The highest BCUT2D eigenvalue weighted by Gasteiger charge is 2.11. The lowest BCUT2D eigenvalue weighted by Gasteiger charge is -2.18. The topological polar surface area (TPSA) is 44.5 Å². The van der Waals surface area contributed by atoms with Crippen molar-refractivity contribution in [2.45, 2.75) is 13.8 Å². The van der Waals surface area contributed by atoms with E-state index < -0.39 is 0 Å². The van der Waals surface area contributed by atoms with E-state index in [9.17, 15) is 0 Å². The molecule has 2 rings (SSSR count). The Labute approximate surface area is 102 Å². The molecule has 1 aliphatic heterocycles. The van der Waals surface area contributed by atoms with Gasteiger partial charge in [-0.05, 0) is 23.6 Å². The Kier molecular flexibility index (Phi) is 3.69. The molecule has 0 spiro atoms. The lowest BCUT2D eigenvalue weighted by molar-refractivity contribution is 0.171. The Morgan fingerprint density at radius 3 is 2.65 bits per heavy atom. The molecule has 0 fully saturated rings. The fourth-order valence-corrected chi connectivity index (χ4v) is 1.83. The van der Waals surface area contributed by atoms with Gasteiger partial charge in [-0.15, -0.1) is 0 Å². The first kappa shape index (κ1) is 12.0. The Bertz CT molecular complexity index is 424. The quantitative estimate of drug-likeness (QED) is 0.872. The molecule has 0 unspecified atom stereocenters. The van der Waals surface area contributed by atoms with Crippen molar-refractivity contribution in [1.82, 2.24) is 0 Å². The van der Waals surface area contributed by atoms with Gasteiger partial charge in [0.25, 0.3) is 0 Å². The Morgan fingerprint density at radius 1 is 1.29 bits per heavy atom. The van der Waals surface area contributed by atoms with Gasteiger partial charge in [0.2, 0.25) is 0 Å². The van der Waals surface area contributed by atoms with E-state index in [4.69, 9.17) is 15.2 Å². The van der Waals surface area contributed by atoms with Crippen LogP contribution in [0.4, 0.5) is 0 Å². The molecule has 0 aromatic heterocycles. The zero-order valence-electron chi connectivity index (χ0n) is 10.4. The van der Waals surface area contributed by atoms with Crippen LogP contribution in [0.3, 0.4) is 0 Å². The molecular weight excluding hydrogens is 214 g/mol. The normalized spacial score (nSPS) is 15.2. The Morgan fingerprint density at radius 2 is 2.00 bits per heavy atom. The zero-order chi connectivity index (χ0) is 12.3. The largest absolute Gasteiger partial charge is 0.486 e. The predicted molar refractivity (Wildman–Crippen MR) is 69.3 cm³/mol. The summed E-state index contributed by atoms with van der Waals surface area (Å²) < 4.78 is 11.0. The van der Waals surface area contributed by atoms with E-state index in [1.807, 2.05) is 18.2 Å². The van der Waals surface area contributed by atoms with Crippen LogP contribution in [0.5, 0.6) is 11.5 Å². The van der Waals surface area contributed by atoms with E-state index in [1.165, 1.54) is 5.57 Å². The second-order valence-corrected chi connectivity index (χ2v) is 4.48. The smallest absolute Gasteiger partial charge is 0.161 e. The van der Waals surface area contributed by atoms with Crippen LogP contribution < -0.4 is 15.2 Å². The molecule has 0 atom stereocenters. The van der Waals surface area contributed by atoms with Gasteiger partial charge in [-0.3, -0.25) is 0 Å². The van der Waals surface area contributed by atoms with Gasteiger partial charge in [0.1, 0.15) is 13.2 Å². The zero-order valence-corrected chi connectivity index (χ0v) is 10.4. The van der Waals surface area contributed by atoms with Crippen LogP contribution in [0.1, 0.15) is 19.4 Å². The van der Waals surface area contributed by atoms with Crippen molar-refractivity contribution in [2.24, 2.45) is 11.7 Å². The summed E-state index contributed by atoms with van der Waals surface area (Å²) in [7, 11) is 0. The Hall–Kier alpha value is -1.48. The van der Waals surface area contributed by atoms with Gasteiger partial charge in [-0.25, -0.2) is 0 Å². The van der Waals surface area contributed by atoms with Crippen LogP contribution in [0, 0.1) is 5.92 Å². The van der Waals surface area contributed by atoms with E-state index in [-0.39, 0.29) is 0 Å². The summed E-state index contributed by atoms with van der Waals surface area (Å²) in [5, 5.41) is 0. The number of fused-ring (bicyclic) bond motifs is 1. The minimum Gasteiger partial charge on any atom is -0.486 e. The minimum atomic E-state index is 0.466. The molecule has 1 aromatic carbocycles. The molecule has 1 aromatic rings. The second kappa shape index (κ2) is 5.23. The number of hydrogen-bond acceptors (Lipinski definition) is 3. The molecule has 1 heterocycles. The number of ether oxygens (including phenoxy) is 2. The minimum absolute atomic E-state index is 0.466. The highest BCUT2D eigenvalue weighted by molar-refractivity contribution is 5.58. The first-order valence-corrected chi connectivity index (χ1v) is 6.01. The van der Waals surface area contributed by atoms with E-state index in [0.29, 0.717) is 25.7 Å². The summed E-state index contributed by atoms with van der Waals surface area (Å²) >= 11 is 0. The first-order valence-electron chi connectivity index (χ1n) is 6.01. The van der Waals surface area contributed by atoms with E-state index in [2.05, 4.69) is 19.9 Å². The van der Waals surface area contributed by atoms with Crippen molar-refractivity contribution in [2.75, 3.05) is 19.8 Å². The van der Waals surface area contributed by atoms with Crippen LogP contribution in [0.2, 0.25) is 0 Å². The summed E-state index contributed by atoms with van der Waals surface area (Å²) in [4.78, 5) is 0. The third-order valence-corrected chi connectivity index (χ3v) is 2.90. The van der Waals surface area contributed by atoms with Gasteiger partial charge in [-0.1, -0.05) is 31.6 Å². The van der Waals surface area contributed by atoms with E-state index in [0.717, 1.165) is 17.1 Å². The van der Waals surface area contributed by atoms with Crippen LogP contribution >= 0.6 is 0 Å².